The Morgan fingerprint density at radius 2 is 1.36 bits per heavy atom. The van der Waals surface area contributed by atoms with Gasteiger partial charge in [-0.3, -0.25) is 0 Å². The van der Waals surface area contributed by atoms with E-state index >= 15 is 0 Å². The Hall–Kier alpha value is 0.210. The van der Waals surface area contributed by atoms with Gasteiger partial charge in [0, 0.05) is 17.1 Å². The van der Waals surface area contributed by atoms with Gasteiger partial charge in [-0.05, 0) is 54.6 Å². The zero-order chi connectivity index (χ0) is 10.3. The summed E-state index contributed by atoms with van der Waals surface area (Å²) in [5, 5.41) is 3.69. The van der Waals surface area contributed by atoms with Crippen LogP contribution in [0.3, 0.4) is 0 Å². The van der Waals surface area contributed by atoms with E-state index in [1.54, 1.807) is 0 Å². The van der Waals surface area contributed by atoms with Crippen LogP contribution in [-0.4, -0.2) is 36.1 Å². The zero-order valence-electron chi connectivity index (χ0n) is 10.3. The fraction of sp³-hybridized carbons (Fsp3) is 1.00. The maximum atomic E-state index is 3.69. The summed E-state index contributed by atoms with van der Waals surface area (Å²) >= 11 is 0. The molecule has 86 valence electrons. The molecule has 1 saturated heterocycles. The van der Waals surface area contributed by atoms with Crippen molar-refractivity contribution in [3.05, 3.63) is 0 Å². The monoisotopic (exact) mass is 220 g/mol. The highest BCUT2D eigenvalue weighted by atomic mass is 35.5. The third-order valence-electron chi connectivity index (χ3n) is 2.90. The third kappa shape index (κ3) is 3.76. The molecule has 0 radical (unpaired) electrons. The smallest absolute Gasteiger partial charge is 0.0145 e. The average Bonchev–Trinajstić information content (AvgIpc) is 1.79. The van der Waals surface area contributed by atoms with Crippen molar-refractivity contribution in [3.63, 3.8) is 0 Å². The maximum absolute atomic E-state index is 3.69. The number of hydrogen-bond acceptors (Lipinski definition) is 2. The summed E-state index contributed by atoms with van der Waals surface area (Å²) < 4.78 is 0. The van der Waals surface area contributed by atoms with Gasteiger partial charge in [0.15, 0.2) is 0 Å². The Morgan fingerprint density at radius 3 is 1.64 bits per heavy atom. The standard InChI is InChI=1S/C11H24N2.ClH/c1-10(2)7-9(13(5)6)8-11(3,4)12-10;/h9,12H,7-8H2,1-6H3;1H. The van der Waals surface area contributed by atoms with Gasteiger partial charge in [-0.15, -0.1) is 12.4 Å². The summed E-state index contributed by atoms with van der Waals surface area (Å²) in [5.41, 5.74) is 0.549. The molecular weight excluding hydrogens is 196 g/mol. The summed E-state index contributed by atoms with van der Waals surface area (Å²) in [6.45, 7) is 9.18. The quantitative estimate of drug-likeness (QED) is 0.730. The first-order valence-electron chi connectivity index (χ1n) is 5.18. The summed E-state index contributed by atoms with van der Waals surface area (Å²) in [5.74, 6) is 0. The molecule has 0 amide bonds. The van der Waals surface area contributed by atoms with Crippen LogP contribution in [0, 0.1) is 0 Å². The molecule has 1 N–H and O–H groups in total. The van der Waals surface area contributed by atoms with Gasteiger partial charge in [-0.25, -0.2) is 0 Å². The van der Waals surface area contributed by atoms with Gasteiger partial charge in [-0.2, -0.15) is 0 Å². The van der Waals surface area contributed by atoms with Crippen molar-refractivity contribution < 1.29 is 0 Å². The van der Waals surface area contributed by atoms with E-state index < -0.39 is 0 Å². The van der Waals surface area contributed by atoms with Crippen molar-refractivity contribution in [3.8, 4) is 0 Å². The summed E-state index contributed by atoms with van der Waals surface area (Å²) in [6.07, 6.45) is 2.48. The van der Waals surface area contributed by atoms with Crippen LogP contribution >= 0.6 is 12.4 Å². The molecular formula is C11H25ClN2. The highest BCUT2D eigenvalue weighted by Gasteiger charge is 2.38. The molecule has 1 rings (SSSR count). The topological polar surface area (TPSA) is 15.3 Å². The SMILES string of the molecule is CN(C)C1CC(C)(C)NC(C)(C)C1.Cl. The predicted octanol–water partition coefficient (Wildman–Crippen LogP) is 2.28. The Labute approximate surface area is 94.8 Å². The van der Waals surface area contributed by atoms with Crippen LogP contribution in [0.5, 0.6) is 0 Å². The largest absolute Gasteiger partial charge is 0.307 e. The molecule has 0 saturated carbocycles. The van der Waals surface area contributed by atoms with Gasteiger partial charge >= 0.3 is 0 Å². The first-order valence-corrected chi connectivity index (χ1v) is 5.18. The highest BCUT2D eigenvalue weighted by molar-refractivity contribution is 5.85. The minimum Gasteiger partial charge on any atom is -0.307 e. The molecule has 1 aliphatic heterocycles. The maximum Gasteiger partial charge on any atom is 0.0145 e. The Kier molecular flexibility index (Phi) is 4.44. The van der Waals surface area contributed by atoms with Crippen LogP contribution in [0.2, 0.25) is 0 Å². The van der Waals surface area contributed by atoms with Crippen LogP contribution in [-0.2, 0) is 0 Å². The first kappa shape index (κ1) is 14.2. The molecule has 0 bridgehead atoms. The summed E-state index contributed by atoms with van der Waals surface area (Å²) in [6, 6.07) is 0.714. The molecule has 0 aliphatic carbocycles. The zero-order valence-corrected chi connectivity index (χ0v) is 11.2. The second-order valence-electron chi connectivity index (χ2n) is 5.92. The minimum absolute atomic E-state index is 0. The van der Waals surface area contributed by atoms with Crippen LogP contribution in [0.25, 0.3) is 0 Å². The van der Waals surface area contributed by atoms with E-state index in [9.17, 15) is 0 Å². The summed E-state index contributed by atoms with van der Waals surface area (Å²) in [4.78, 5) is 2.35. The van der Waals surface area contributed by atoms with Gasteiger partial charge in [0.2, 0.25) is 0 Å². The van der Waals surface area contributed by atoms with E-state index in [0.717, 1.165) is 0 Å². The number of nitrogens with one attached hydrogen (secondary N) is 1. The van der Waals surface area contributed by atoms with Gasteiger partial charge in [-0.1, -0.05) is 0 Å². The van der Waals surface area contributed by atoms with Crippen LogP contribution in [0.15, 0.2) is 0 Å². The summed E-state index contributed by atoms with van der Waals surface area (Å²) in [7, 11) is 4.37. The molecule has 1 fully saturated rings. The number of nitrogens with zero attached hydrogens (tertiary/aromatic N) is 1. The molecule has 14 heavy (non-hydrogen) atoms. The van der Waals surface area contributed by atoms with E-state index in [-0.39, 0.29) is 23.5 Å². The molecule has 0 aromatic heterocycles. The Balaban J connectivity index is 0.00000169. The first-order chi connectivity index (χ1) is 5.72. The van der Waals surface area contributed by atoms with Gasteiger partial charge in [0.1, 0.15) is 0 Å². The Morgan fingerprint density at radius 1 is 1.00 bits per heavy atom. The number of halogens is 1. The van der Waals surface area contributed by atoms with Crippen LogP contribution in [0.1, 0.15) is 40.5 Å². The molecule has 2 nitrogen and oxygen atoms in total. The van der Waals surface area contributed by atoms with E-state index in [4.69, 9.17) is 0 Å². The molecule has 0 aromatic carbocycles. The van der Waals surface area contributed by atoms with Crippen molar-refractivity contribution in [1.29, 1.82) is 0 Å². The lowest BCUT2D eigenvalue weighted by molar-refractivity contribution is 0.0953. The Bertz CT molecular complexity index is 172. The van der Waals surface area contributed by atoms with Crippen molar-refractivity contribution in [1.82, 2.24) is 10.2 Å². The molecule has 1 heterocycles. The second-order valence-corrected chi connectivity index (χ2v) is 5.92. The lowest BCUT2D eigenvalue weighted by Crippen LogP contribution is -2.61. The average molecular weight is 221 g/mol. The van der Waals surface area contributed by atoms with Gasteiger partial charge < -0.3 is 10.2 Å². The number of rotatable bonds is 1. The molecule has 0 spiro atoms. The lowest BCUT2D eigenvalue weighted by atomic mass is 9.79. The van der Waals surface area contributed by atoms with Crippen molar-refractivity contribution in [2.45, 2.75) is 57.7 Å². The lowest BCUT2D eigenvalue weighted by Gasteiger charge is -2.48. The van der Waals surface area contributed by atoms with Gasteiger partial charge in [0.05, 0.1) is 0 Å². The second kappa shape index (κ2) is 4.38. The molecule has 1 aliphatic rings. The van der Waals surface area contributed by atoms with Crippen molar-refractivity contribution >= 4 is 12.4 Å². The van der Waals surface area contributed by atoms with Crippen LogP contribution in [0.4, 0.5) is 0 Å². The molecule has 0 aromatic rings. The van der Waals surface area contributed by atoms with Crippen LogP contribution < -0.4 is 5.32 Å². The fourth-order valence-corrected chi connectivity index (χ4v) is 2.63. The van der Waals surface area contributed by atoms with E-state index in [2.05, 4.69) is 52.0 Å². The van der Waals surface area contributed by atoms with E-state index in [1.807, 2.05) is 0 Å². The number of hydrogen-bond donors (Lipinski definition) is 1. The minimum atomic E-state index is 0. The molecule has 0 atom stereocenters. The number of piperidine rings is 1. The predicted molar refractivity (Wildman–Crippen MR) is 65.3 cm³/mol. The highest BCUT2D eigenvalue weighted by Crippen LogP contribution is 2.30. The molecule has 0 unspecified atom stereocenters. The normalized spacial score (nSPS) is 25.9. The van der Waals surface area contributed by atoms with Gasteiger partial charge in [0.25, 0.3) is 0 Å². The van der Waals surface area contributed by atoms with Crippen molar-refractivity contribution in [2.75, 3.05) is 14.1 Å². The third-order valence-corrected chi connectivity index (χ3v) is 2.90. The van der Waals surface area contributed by atoms with E-state index in [0.29, 0.717) is 6.04 Å². The molecule has 3 heteroatoms. The van der Waals surface area contributed by atoms with E-state index in [1.165, 1.54) is 12.8 Å². The van der Waals surface area contributed by atoms with Crippen molar-refractivity contribution in [2.24, 2.45) is 0 Å². The fourth-order valence-electron chi connectivity index (χ4n) is 2.63.